The molecule has 1 N–H and O–H groups in total. The SMILES string of the molecule is CC1(C)[C@H]2CC[C@@]1(CS(=O)(=O)N1CCN(c3ncc(C(F)(F)F)cc3Cl)CC1)C(=O)C2.O=C(O)C(F)(F)F. The van der Waals surface area contributed by atoms with Crippen LogP contribution in [0.5, 0.6) is 0 Å². The number of ketones is 1. The monoisotopic (exact) mass is 593 g/mol. The van der Waals surface area contributed by atoms with E-state index in [0.717, 1.165) is 18.7 Å². The minimum atomic E-state index is -5.08. The van der Waals surface area contributed by atoms with Crippen LogP contribution < -0.4 is 4.90 Å². The lowest BCUT2D eigenvalue weighted by molar-refractivity contribution is -0.192. The highest BCUT2D eigenvalue weighted by Crippen LogP contribution is 2.64. The van der Waals surface area contributed by atoms with Crippen molar-refractivity contribution in [2.45, 2.75) is 45.5 Å². The smallest absolute Gasteiger partial charge is 0.475 e. The number of anilines is 1. The Hall–Kier alpha value is -2.13. The molecule has 214 valence electrons. The molecular formula is C22H26ClF6N3O5S. The van der Waals surface area contributed by atoms with Crippen LogP contribution in [0.25, 0.3) is 0 Å². The molecule has 1 aromatic heterocycles. The van der Waals surface area contributed by atoms with Crippen LogP contribution >= 0.6 is 11.6 Å². The second-order valence-electron chi connectivity index (χ2n) is 10.1. The molecule has 2 heterocycles. The molecular weight excluding hydrogens is 568 g/mol. The zero-order valence-corrected chi connectivity index (χ0v) is 21.9. The lowest BCUT2D eigenvalue weighted by Gasteiger charge is -2.40. The summed E-state index contributed by atoms with van der Waals surface area (Å²) in [5, 5.41) is 7.00. The van der Waals surface area contributed by atoms with E-state index >= 15 is 0 Å². The highest BCUT2D eigenvalue weighted by molar-refractivity contribution is 7.89. The van der Waals surface area contributed by atoms with E-state index in [1.165, 1.54) is 4.31 Å². The molecule has 3 fully saturated rings. The van der Waals surface area contributed by atoms with Gasteiger partial charge in [0, 0.05) is 44.2 Å². The summed E-state index contributed by atoms with van der Waals surface area (Å²) in [5.74, 6) is -2.44. The number of rotatable bonds is 4. The second-order valence-corrected chi connectivity index (χ2v) is 12.5. The Morgan fingerprint density at radius 3 is 2.11 bits per heavy atom. The summed E-state index contributed by atoms with van der Waals surface area (Å²) in [6.45, 7) is 4.84. The number of halogens is 7. The number of piperazine rings is 1. The fraction of sp³-hybridized carbons (Fsp3) is 0.682. The number of hydrogen-bond acceptors (Lipinski definition) is 6. The number of Topliss-reactive ketones (excluding diaryl/α,β-unsaturated/α-hetero) is 1. The number of carbonyl (C=O) groups is 2. The molecule has 0 aromatic carbocycles. The van der Waals surface area contributed by atoms with Gasteiger partial charge >= 0.3 is 18.3 Å². The number of aliphatic carboxylic acids is 1. The Bertz CT molecular complexity index is 1200. The molecule has 2 atom stereocenters. The summed E-state index contributed by atoms with van der Waals surface area (Å²) in [6.07, 6.45) is -6.96. The third-order valence-electron chi connectivity index (χ3n) is 7.89. The van der Waals surface area contributed by atoms with E-state index in [1.807, 2.05) is 13.8 Å². The third-order valence-corrected chi connectivity index (χ3v) is 10.2. The number of pyridine rings is 1. The lowest BCUT2D eigenvalue weighted by atomic mass is 9.70. The van der Waals surface area contributed by atoms with Crippen LogP contribution in [0, 0.1) is 16.7 Å². The highest BCUT2D eigenvalue weighted by atomic mass is 35.5. The van der Waals surface area contributed by atoms with E-state index in [9.17, 15) is 39.6 Å². The van der Waals surface area contributed by atoms with Gasteiger partial charge in [0.25, 0.3) is 0 Å². The average Bonchev–Trinajstić information content (AvgIpc) is 3.12. The number of fused-ring (bicyclic) bond motifs is 2. The summed E-state index contributed by atoms with van der Waals surface area (Å²) in [6, 6.07) is 0.830. The molecule has 0 spiro atoms. The van der Waals surface area contributed by atoms with Crippen LogP contribution in [0.1, 0.15) is 38.7 Å². The Morgan fingerprint density at radius 2 is 1.71 bits per heavy atom. The maximum atomic E-state index is 13.2. The molecule has 38 heavy (non-hydrogen) atoms. The number of hydrogen-bond donors (Lipinski definition) is 1. The van der Waals surface area contributed by atoms with Crippen molar-refractivity contribution in [2.24, 2.45) is 16.7 Å². The molecule has 1 aromatic rings. The fourth-order valence-electron chi connectivity index (χ4n) is 5.51. The first-order chi connectivity index (χ1) is 17.2. The Labute approximate surface area is 220 Å². The molecule has 2 bridgehead atoms. The lowest BCUT2D eigenvalue weighted by Crippen LogP contribution is -2.53. The van der Waals surface area contributed by atoms with Gasteiger partial charge in [0.05, 0.1) is 16.3 Å². The van der Waals surface area contributed by atoms with Crippen LogP contribution in [0.2, 0.25) is 5.02 Å². The van der Waals surface area contributed by atoms with Crippen molar-refractivity contribution >= 4 is 39.2 Å². The third kappa shape index (κ3) is 5.74. The van der Waals surface area contributed by atoms with Gasteiger partial charge in [-0.15, -0.1) is 0 Å². The largest absolute Gasteiger partial charge is 0.490 e. The van der Waals surface area contributed by atoms with Crippen LogP contribution in [0.3, 0.4) is 0 Å². The van der Waals surface area contributed by atoms with Gasteiger partial charge in [0.1, 0.15) is 11.6 Å². The molecule has 0 unspecified atom stereocenters. The number of aromatic nitrogens is 1. The van der Waals surface area contributed by atoms with Gasteiger partial charge in [-0.1, -0.05) is 25.4 Å². The number of carboxylic acids is 1. The normalized spacial score (nSPS) is 25.8. The Morgan fingerprint density at radius 1 is 1.16 bits per heavy atom. The van der Waals surface area contributed by atoms with E-state index in [0.29, 0.717) is 12.8 Å². The van der Waals surface area contributed by atoms with Crippen LogP contribution in [-0.4, -0.2) is 72.7 Å². The van der Waals surface area contributed by atoms with Crippen LogP contribution in [0.4, 0.5) is 32.2 Å². The van der Waals surface area contributed by atoms with Crippen molar-refractivity contribution in [3.8, 4) is 0 Å². The van der Waals surface area contributed by atoms with Crippen molar-refractivity contribution in [1.29, 1.82) is 0 Å². The zero-order chi connectivity index (χ0) is 28.9. The van der Waals surface area contributed by atoms with E-state index in [2.05, 4.69) is 4.98 Å². The van der Waals surface area contributed by atoms with Gasteiger partial charge in [0.15, 0.2) is 0 Å². The topological polar surface area (TPSA) is 108 Å². The van der Waals surface area contributed by atoms with Gasteiger partial charge in [0.2, 0.25) is 10.0 Å². The van der Waals surface area contributed by atoms with Gasteiger partial charge in [-0.2, -0.15) is 30.6 Å². The predicted octanol–water partition coefficient (Wildman–Crippen LogP) is 4.23. The number of carbonyl (C=O) groups excluding carboxylic acids is 1. The Kier molecular flexibility index (Phi) is 8.10. The first-order valence-electron chi connectivity index (χ1n) is 11.5. The molecule has 8 nitrogen and oxygen atoms in total. The quantitative estimate of drug-likeness (QED) is 0.521. The molecule has 4 rings (SSSR count). The van der Waals surface area contributed by atoms with E-state index in [-0.39, 0.29) is 59.9 Å². The predicted molar refractivity (Wildman–Crippen MR) is 124 cm³/mol. The van der Waals surface area contributed by atoms with Gasteiger partial charge in [-0.3, -0.25) is 4.79 Å². The van der Waals surface area contributed by atoms with E-state index in [1.54, 1.807) is 4.90 Å². The van der Waals surface area contributed by atoms with Crippen molar-refractivity contribution in [3.63, 3.8) is 0 Å². The standard InChI is InChI=1S/C20H25ClF3N3O3S.C2HF3O2/c1-18(2)13-3-4-19(18,16(28)10-13)12-31(29,30)27-7-5-26(6-8-27)17-15(21)9-14(11-25-17)20(22,23)24;3-2(4,5)1(6)7/h9,11,13H,3-8,10,12H2,1-2H3;(H,6,7)/t13-,19+;/m0./s1. The highest BCUT2D eigenvalue weighted by Gasteiger charge is 2.65. The van der Waals surface area contributed by atoms with Gasteiger partial charge in [-0.25, -0.2) is 18.2 Å². The molecule has 2 aliphatic carbocycles. The first-order valence-corrected chi connectivity index (χ1v) is 13.5. The maximum absolute atomic E-state index is 13.2. The molecule has 1 aliphatic heterocycles. The number of alkyl halides is 6. The molecule has 0 radical (unpaired) electrons. The molecule has 1 saturated heterocycles. The second kappa shape index (κ2) is 10.1. The summed E-state index contributed by atoms with van der Waals surface area (Å²) in [5.41, 5.74) is -2.09. The molecule has 2 saturated carbocycles. The fourth-order valence-corrected chi connectivity index (χ4v) is 8.00. The molecule has 0 amide bonds. The van der Waals surface area contributed by atoms with Crippen molar-refractivity contribution < 1.29 is 49.5 Å². The minimum absolute atomic E-state index is 0.0525. The number of carboxylic acid groups (broad SMARTS) is 1. The maximum Gasteiger partial charge on any atom is 0.490 e. The van der Waals surface area contributed by atoms with Crippen molar-refractivity contribution in [2.75, 3.05) is 36.8 Å². The van der Waals surface area contributed by atoms with Crippen LogP contribution in [0.15, 0.2) is 12.3 Å². The molecule has 16 heteroatoms. The summed E-state index contributed by atoms with van der Waals surface area (Å²) >= 11 is 6.02. The first kappa shape index (κ1) is 30.4. The van der Waals surface area contributed by atoms with Crippen LogP contribution in [-0.2, 0) is 25.8 Å². The summed E-state index contributed by atoms with van der Waals surface area (Å²) in [7, 11) is -3.67. The average molecular weight is 594 g/mol. The van der Waals surface area contributed by atoms with Gasteiger partial charge < -0.3 is 10.0 Å². The van der Waals surface area contributed by atoms with E-state index < -0.39 is 39.3 Å². The summed E-state index contributed by atoms with van der Waals surface area (Å²) < 4.78 is 98.0. The number of sulfonamides is 1. The van der Waals surface area contributed by atoms with Crippen molar-refractivity contribution in [1.82, 2.24) is 9.29 Å². The van der Waals surface area contributed by atoms with Crippen molar-refractivity contribution in [3.05, 3.63) is 22.8 Å². The van der Waals surface area contributed by atoms with E-state index in [4.69, 9.17) is 21.5 Å². The van der Waals surface area contributed by atoms with Gasteiger partial charge in [-0.05, 0) is 30.2 Å². The number of nitrogens with zero attached hydrogens (tertiary/aromatic N) is 3. The Balaban J connectivity index is 0.000000505. The minimum Gasteiger partial charge on any atom is -0.475 e. The molecule has 3 aliphatic rings. The zero-order valence-electron chi connectivity index (χ0n) is 20.4. The summed E-state index contributed by atoms with van der Waals surface area (Å²) in [4.78, 5) is 27.2.